The number of hydrogen-bond donors (Lipinski definition) is 2. The van der Waals surface area contributed by atoms with E-state index < -0.39 is 0 Å². The van der Waals surface area contributed by atoms with Crippen LogP contribution in [0.1, 0.15) is 12.8 Å². The van der Waals surface area contributed by atoms with E-state index in [0.717, 1.165) is 70.5 Å². The Bertz CT molecular complexity index is 1830. The standard InChI is InChI=1S/C31H28ClN7O3/c1-40-21-8-5-19(6-9-21)30-36-31(42-39-30)26-13-14-28(38-37-26)33-15-3-4-16-34-29-23-11-7-20(32)17-27(23)35-25-12-10-22(41-2)18-24(25)29/h5-14,17-18H,3-4,15-16H2,1-2H3,(H,33,38)(H,34,35). The van der Waals surface area contributed by atoms with Crippen molar-refractivity contribution in [1.82, 2.24) is 25.3 Å². The first-order valence-electron chi connectivity index (χ1n) is 13.5. The predicted octanol–water partition coefficient (Wildman–Crippen LogP) is 6.87. The molecule has 212 valence electrons. The Morgan fingerprint density at radius 1 is 0.738 bits per heavy atom. The van der Waals surface area contributed by atoms with Crippen molar-refractivity contribution >= 4 is 44.9 Å². The van der Waals surface area contributed by atoms with Crippen molar-refractivity contribution in [2.75, 3.05) is 37.9 Å². The van der Waals surface area contributed by atoms with Gasteiger partial charge in [-0.25, -0.2) is 4.98 Å². The van der Waals surface area contributed by atoms with Crippen LogP contribution in [-0.4, -0.2) is 52.6 Å². The number of benzene rings is 3. The van der Waals surface area contributed by atoms with E-state index in [1.807, 2.05) is 72.8 Å². The number of hydrogen-bond acceptors (Lipinski definition) is 10. The molecule has 0 bridgehead atoms. The van der Waals surface area contributed by atoms with Crippen LogP contribution in [0.15, 0.2) is 77.3 Å². The van der Waals surface area contributed by atoms with Gasteiger partial charge in [-0.2, -0.15) is 4.98 Å². The van der Waals surface area contributed by atoms with E-state index >= 15 is 0 Å². The minimum absolute atomic E-state index is 0.307. The second-order valence-electron chi connectivity index (χ2n) is 9.55. The van der Waals surface area contributed by atoms with Gasteiger partial charge in [0.2, 0.25) is 5.82 Å². The number of nitrogens with zero attached hydrogens (tertiary/aromatic N) is 5. The zero-order valence-corrected chi connectivity index (χ0v) is 23.9. The second-order valence-corrected chi connectivity index (χ2v) is 9.98. The molecule has 11 heteroatoms. The molecule has 10 nitrogen and oxygen atoms in total. The van der Waals surface area contributed by atoms with E-state index in [4.69, 9.17) is 30.6 Å². The van der Waals surface area contributed by atoms with Crippen molar-refractivity contribution in [3.8, 4) is 34.5 Å². The van der Waals surface area contributed by atoms with Crippen molar-refractivity contribution in [2.24, 2.45) is 0 Å². The molecule has 0 saturated heterocycles. The van der Waals surface area contributed by atoms with Crippen LogP contribution in [0.5, 0.6) is 11.5 Å². The lowest BCUT2D eigenvalue weighted by molar-refractivity contribution is 0.414. The van der Waals surface area contributed by atoms with Crippen molar-refractivity contribution in [3.63, 3.8) is 0 Å². The maximum atomic E-state index is 6.24. The summed E-state index contributed by atoms with van der Waals surface area (Å²) in [4.78, 5) is 9.23. The summed E-state index contributed by atoms with van der Waals surface area (Å²) in [5, 5.41) is 22.2. The van der Waals surface area contributed by atoms with Gasteiger partial charge in [0, 0.05) is 34.4 Å². The van der Waals surface area contributed by atoms with Gasteiger partial charge in [0.15, 0.2) is 5.69 Å². The van der Waals surface area contributed by atoms with Gasteiger partial charge in [0.25, 0.3) is 5.89 Å². The summed E-state index contributed by atoms with van der Waals surface area (Å²) in [5.41, 5.74) is 4.09. The fraction of sp³-hybridized carbons (Fsp3) is 0.194. The molecule has 42 heavy (non-hydrogen) atoms. The molecule has 2 N–H and O–H groups in total. The van der Waals surface area contributed by atoms with Crippen LogP contribution in [0.3, 0.4) is 0 Å². The summed E-state index contributed by atoms with van der Waals surface area (Å²) in [6.07, 6.45) is 1.87. The van der Waals surface area contributed by atoms with Gasteiger partial charge < -0.3 is 24.6 Å². The maximum Gasteiger partial charge on any atom is 0.278 e. The molecule has 0 radical (unpaired) electrons. The number of halogens is 1. The molecule has 0 amide bonds. The SMILES string of the molecule is COc1ccc(-c2noc(-c3ccc(NCCCCNc4c5ccc(Cl)cc5nc5ccc(OC)cc45)nn3)n2)cc1. The molecule has 3 aromatic heterocycles. The van der Waals surface area contributed by atoms with E-state index in [9.17, 15) is 0 Å². The summed E-state index contributed by atoms with van der Waals surface area (Å²) >= 11 is 6.24. The molecule has 6 rings (SSSR count). The van der Waals surface area contributed by atoms with Gasteiger partial charge in [-0.1, -0.05) is 16.8 Å². The van der Waals surface area contributed by atoms with Crippen LogP contribution in [0.25, 0.3) is 44.8 Å². The average Bonchev–Trinajstić information content (AvgIpc) is 3.52. The minimum Gasteiger partial charge on any atom is -0.497 e. The molecule has 6 aromatic rings. The maximum absolute atomic E-state index is 6.24. The van der Waals surface area contributed by atoms with Crippen molar-refractivity contribution in [3.05, 3.63) is 77.8 Å². The summed E-state index contributed by atoms with van der Waals surface area (Å²) in [6, 6.07) is 22.8. The number of anilines is 2. The lowest BCUT2D eigenvalue weighted by Gasteiger charge is -2.14. The van der Waals surface area contributed by atoms with Gasteiger partial charge in [-0.05, 0) is 85.6 Å². The first-order chi connectivity index (χ1) is 20.6. The second kappa shape index (κ2) is 12.3. The Morgan fingerprint density at radius 3 is 2.29 bits per heavy atom. The zero-order chi connectivity index (χ0) is 28.9. The van der Waals surface area contributed by atoms with Gasteiger partial charge in [-0.15, -0.1) is 10.2 Å². The largest absolute Gasteiger partial charge is 0.497 e. The van der Waals surface area contributed by atoms with Crippen LogP contribution >= 0.6 is 11.6 Å². The Hall–Kier alpha value is -4.96. The number of ether oxygens (including phenoxy) is 2. The molecule has 0 aliphatic carbocycles. The number of pyridine rings is 1. The molecule has 0 aliphatic rings. The van der Waals surface area contributed by atoms with Crippen molar-refractivity contribution in [1.29, 1.82) is 0 Å². The fourth-order valence-corrected chi connectivity index (χ4v) is 4.79. The normalized spacial score (nSPS) is 11.1. The summed E-state index contributed by atoms with van der Waals surface area (Å²) in [6.45, 7) is 1.53. The van der Waals surface area contributed by atoms with Crippen LogP contribution in [0.2, 0.25) is 5.02 Å². The Kier molecular flexibility index (Phi) is 7.96. The number of aromatic nitrogens is 5. The average molecular weight is 582 g/mol. The first kappa shape index (κ1) is 27.2. The van der Waals surface area contributed by atoms with Gasteiger partial charge in [-0.3, -0.25) is 0 Å². The number of rotatable bonds is 11. The van der Waals surface area contributed by atoms with Crippen LogP contribution in [0, 0.1) is 0 Å². The van der Waals surface area contributed by atoms with Crippen LogP contribution in [0.4, 0.5) is 11.5 Å². The third-order valence-electron chi connectivity index (χ3n) is 6.81. The summed E-state index contributed by atoms with van der Waals surface area (Å²) in [5.74, 6) is 3.00. The lowest BCUT2D eigenvalue weighted by atomic mass is 10.1. The van der Waals surface area contributed by atoms with Gasteiger partial charge in [0.05, 0.1) is 30.9 Å². The quantitative estimate of drug-likeness (QED) is 0.124. The highest BCUT2D eigenvalue weighted by Crippen LogP contribution is 2.34. The van der Waals surface area contributed by atoms with Gasteiger partial charge in [0.1, 0.15) is 17.3 Å². The highest BCUT2D eigenvalue weighted by atomic mass is 35.5. The van der Waals surface area contributed by atoms with E-state index in [1.54, 1.807) is 14.2 Å². The molecule has 0 spiro atoms. The van der Waals surface area contributed by atoms with E-state index in [0.29, 0.717) is 28.2 Å². The zero-order valence-electron chi connectivity index (χ0n) is 23.1. The third-order valence-corrected chi connectivity index (χ3v) is 7.05. The smallest absolute Gasteiger partial charge is 0.278 e. The minimum atomic E-state index is 0.307. The van der Waals surface area contributed by atoms with E-state index in [1.165, 1.54) is 0 Å². The van der Waals surface area contributed by atoms with E-state index in [2.05, 4.69) is 31.0 Å². The molecular weight excluding hydrogens is 554 g/mol. The van der Waals surface area contributed by atoms with Crippen molar-refractivity contribution < 1.29 is 14.0 Å². The fourth-order valence-electron chi connectivity index (χ4n) is 4.62. The molecule has 0 fully saturated rings. The molecule has 0 unspecified atom stereocenters. The number of fused-ring (bicyclic) bond motifs is 2. The molecule has 3 heterocycles. The predicted molar refractivity (Wildman–Crippen MR) is 164 cm³/mol. The van der Waals surface area contributed by atoms with E-state index in [-0.39, 0.29) is 0 Å². The third kappa shape index (κ3) is 5.89. The number of nitrogens with one attached hydrogen (secondary N) is 2. The Labute approximate surface area is 247 Å². The van der Waals surface area contributed by atoms with Crippen molar-refractivity contribution in [2.45, 2.75) is 12.8 Å². The van der Waals surface area contributed by atoms with Crippen LogP contribution in [-0.2, 0) is 0 Å². The Balaban J connectivity index is 1.03. The highest BCUT2D eigenvalue weighted by molar-refractivity contribution is 6.31. The molecule has 3 aromatic carbocycles. The topological polar surface area (TPSA) is 120 Å². The monoisotopic (exact) mass is 581 g/mol. The molecule has 0 aliphatic heterocycles. The number of methoxy groups -OCH3 is 2. The lowest BCUT2D eigenvalue weighted by Crippen LogP contribution is -2.08. The first-order valence-corrected chi connectivity index (χ1v) is 13.9. The van der Waals surface area contributed by atoms with Crippen LogP contribution < -0.4 is 20.1 Å². The highest BCUT2D eigenvalue weighted by Gasteiger charge is 2.13. The molecule has 0 saturated carbocycles. The van der Waals surface area contributed by atoms with Gasteiger partial charge >= 0.3 is 0 Å². The molecular formula is C31H28ClN7O3. The Morgan fingerprint density at radius 2 is 1.52 bits per heavy atom. The summed E-state index contributed by atoms with van der Waals surface area (Å²) in [7, 11) is 3.29. The number of unbranched alkanes of at least 4 members (excludes halogenated alkanes) is 1. The molecule has 0 atom stereocenters. The summed E-state index contributed by atoms with van der Waals surface area (Å²) < 4.78 is 16.0.